The highest BCUT2D eigenvalue weighted by Gasteiger charge is 2.20. The molecule has 0 bridgehead atoms. The third-order valence-electron chi connectivity index (χ3n) is 7.13. The van der Waals surface area contributed by atoms with E-state index in [0.29, 0.717) is 30.0 Å². The van der Waals surface area contributed by atoms with Crippen LogP contribution < -0.4 is 9.47 Å². The number of benzene rings is 3. The van der Waals surface area contributed by atoms with E-state index in [9.17, 15) is 23.9 Å². The predicted molar refractivity (Wildman–Crippen MR) is 167 cm³/mol. The number of Topliss-reactive ketones (excluding diaryl/α,β-unsaturated/α-hetero) is 1. The van der Waals surface area contributed by atoms with Gasteiger partial charge in [0.25, 0.3) is 0 Å². The molecule has 8 nitrogen and oxygen atoms in total. The normalized spacial score (nSPS) is 11.3. The number of unbranched alkanes of at least 4 members (excludes halogenated alkanes) is 1. The van der Waals surface area contributed by atoms with Crippen LogP contribution in [-0.2, 0) is 16.1 Å². The molecule has 1 heterocycles. The SMILES string of the molecule is Cc1cc(C)c(OCCCCOc2ccc(C=Cc3cc(F)cc4c(C(=O)CCC(=O)O)cn(CC(=O)O)c34)cc2)c(C)c1. The van der Waals surface area contributed by atoms with Gasteiger partial charge in [-0.25, -0.2) is 4.39 Å². The van der Waals surface area contributed by atoms with E-state index >= 15 is 0 Å². The van der Waals surface area contributed by atoms with Gasteiger partial charge in [-0.1, -0.05) is 42.0 Å². The van der Waals surface area contributed by atoms with Crippen molar-refractivity contribution in [2.75, 3.05) is 13.2 Å². The molecule has 44 heavy (non-hydrogen) atoms. The Kier molecular flexibility index (Phi) is 10.6. The molecule has 0 amide bonds. The van der Waals surface area contributed by atoms with Crippen LogP contribution in [0.15, 0.2) is 54.7 Å². The number of hydrogen-bond donors (Lipinski definition) is 2. The fourth-order valence-corrected chi connectivity index (χ4v) is 5.23. The quantitative estimate of drug-likeness (QED) is 0.0838. The lowest BCUT2D eigenvalue weighted by Crippen LogP contribution is -2.08. The summed E-state index contributed by atoms with van der Waals surface area (Å²) in [6.07, 6.45) is 5.79. The van der Waals surface area contributed by atoms with Crippen molar-refractivity contribution in [1.29, 1.82) is 0 Å². The van der Waals surface area contributed by atoms with Gasteiger partial charge >= 0.3 is 11.9 Å². The molecule has 4 aromatic rings. The Morgan fingerprint density at radius 2 is 1.50 bits per heavy atom. The van der Waals surface area contributed by atoms with Crippen molar-refractivity contribution in [2.45, 2.75) is 53.0 Å². The van der Waals surface area contributed by atoms with Crippen molar-refractivity contribution in [3.63, 3.8) is 0 Å². The van der Waals surface area contributed by atoms with Gasteiger partial charge < -0.3 is 24.3 Å². The highest BCUT2D eigenvalue weighted by molar-refractivity contribution is 6.10. The summed E-state index contributed by atoms with van der Waals surface area (Å²) >= 11 is 0. The van der Waals surface area contributed by atoms with Gasteiger partial charge in [0.15, 0.2) is 5.78 Å². The van der Waals surface area contributed by atoms with Crippen LogP contribution in [0.4, 0.5) is 4.39 Å². The molecule has 0 radical (unpaired) electrons. The standard InChI is InChI=1S/C35H36FNO7/c1-22-16-23(2)35(24(3)17-22)44-15-5-4-14-43-28-10-7-25(8-11-28)6-9-26-18-27(36)19-29-30(31(38)12-13-32(39)40)20-37(34(26)29)21-33(41)42/h6-11,16-20H,4-5,12-15,21H2,1-3H3,(H,39,40)(H,41,42). The van der Waals surface area contributed by atoms with Gasteiger partial charge in [0.2, 0.25) is 0 Å². The van der Waals surface area contributed by atoms with E-state index in [0.717, 1.165) is 35.3 Å². The number of aromatic nitrogens is 1. The van der Waals surface area contributed by atoms with Gasteiger partial charge in [-0.2, -0.15) is 0 Å². The molecule has 0 saturated heterocycles. The molecule has 3 aromatic carbocycles. The number of rotatable bonds is 15. The van der Waals surface area contributed by atoms with Crippen LogP contribution in [0.2, 0.25) is 0 Å². The zero-order valence-electron chi connectivity index (χ0n) is 25.1. The van der Waals surface area contributed by atoms with E-state index in [2.05, 4.69) is 32.9 Å². The van der Waals surface area contributed by atoms with Crippen LogP contribution in [0.1, 0.15) is 63.9 Å². The minimum Gasteiger partial charge on any atom is -0.494 e. The maximum atomic E-state index is 14.6. The lowest BCUT2D eigenvalue weighted by atomic mass is 10.0. The number of nitrogens with zero attached hydrogens (tertiary/aromatic N) is 1. The van der Waals surface area contributed by atoms with Crippen molar-refractivity contribution in [3.05, 3.63) is 93.9 Å². The maximum Gasteiger partial charge on any atom is 0.323 e. The van der Waals surface area contributed by atoms with Gasteiger partial charge in [0, 0.05) is 29.1 Å². The number of ketones is 1. The molecule has 0 aliphatic rings. The first kappa shape index (κ1) is 32.0. The van der Waals surface area contributed by atoms with Gasteiger partial charge in [0.1, 0.15) is 23.9 Å². The zero-order valence-corrected chi connectivity index (χ0v) is 25.1. The molecule has 0 aliphatic heterocycles. The van der Waals surface area contributed by atoms with E-state index in [-0.39, 0.29) is 23.8 Å². The van der Waals surface area contributed by atoms with Crippen molar-refractivity contribution >= 4 is 40.8 Å². The lowest BCUT2D eigenvalue weighted by Gasteiger charge is -2.13. The van der Waals surface area contributed by atoms with E-state index < -0.39 is 30.1 Å². The lowest BCUT2D eigenvalue weighted by molar-refractivity contribution is -0.138. The second kappa shape index (κ2) is 14.5. The number of ether oxygens (including phenoxy) is 2. The Bertz CT molecular complexity index is 1680. The molecule has 4 rings (SSSR count). The van der Waals surface area contributed by atoms with Gasteiger partial charge in [-0.05, 0) is 74.6 Å². The first-order valence-corrected chi connectivity index (χ1v) is 14.4. The summed E-state index contributed by atoms with van der Waals surface area (Å²) in [5.74, 6) is -1.71. The molecular weight excluding hydrogens is 565 g/mol. The summed E-state index contributed by atoms with van der Waals surface area (Å²) in [5, 5.41) is 18.6. The first-order chi connectivity index (χ1) is 21.0. The van der Waals surface area contributed by atoms with Crippen LogP contribution in [0.5, 0.6) is 11.5 Å². The summed E-state index contributed by atoms with van der Waals surface area (Å²) in [6, 6.07) is 14.0. The van der Waals surface area contributed by atoms with E-state index in [4.69, 9.17) is 14.6 Å². The second-order valence-corrected chi connectivity index (χ2v) is 10.8. The summed E-state index contributed by atoms with van der Waals surface area (Å²) < 4.78 is 27.9. The molecule has 1 aromatic heterocycles. The number of aliphatic carboxylic acids is 2. The minimum atomic E-state index is -1.13. The maximum absolute atomic E-state index is 14.6. The summed E-state index contributed by atoms with van der Waals surface area (Å²) in [5.41, 5.74) is 5.15. The molecule has 0 spiro atoms. The van der Waals surface area contributed by atoms with Crippen molar-refractivity contribution in [2.24, 2.45) is 0 Å². The fraction of sp³-hybridized carbons (Fsp3) is 0.286. The number of carboxylic acids is 2. The van der Waals surface area contributed by atoms with Gasteiger partial charge in [0.05, 0.1) is 25.2 Å². The fourth-order valence-electron chi connectivity index (χ4n) is 5.23. The summed E-state index contributed by atoms with van der Waals surface area (Å²) in [6.45, 7) is 6.89. The third kappa shape index (κ3) is 8.34. The van der Waals surface area contributed by atoms with Gasteiger partial charge in [-0.3, -0.25) is 14.4 Å². The number of aryl methyl sites for hydroxylation is 3. The molecule has 230 valence electrons. The van der Waals surface area contributed by atoms with Crippen molar-refractivity contribution in [3.8, 4) is 11.5 Å². The number of carboxylic acid groups (broad SMARTS) is 2. The molecule has 0 fully saturated rings. The summed E-state index contributed by atoms with van der Waals surface area (Å²) in [4.78, 5) is 35.2. The molecular formula is C35H36FNO7. The highest BCUT2D eigenvalue weighted by Crippen LogP contribution is 2.30. The third-order valence-corrected chi connectivity index (χ3v) is 7.13. The number of hydrogen-bond acceptors (Lipinski definition) is 5. The van der Waals surface area contributed by atoms with E-state index in [1.807, 2.05) is 24.3 Å². The average Bonchev–Trinajstić information content (AvgIpc) is 3.31. The van der Waals surface area contributed by atoms with Gasteiger partial charge in [-0.15, -0.1) is 0 Å². The Hall–Kier alpha value is -4.92. The van der Waals surface area contributed by atoms with E-state index in [1.165, 1.54) is 28.5 Å². The second-order valence-electron chi connectivity index (χ2n) is 10.8. The number of halogens is 1. The highest BCUT2D eigenvalue weighted by atomic mass is 19.1. The van der Waals surface area contributed by atoms with Crippen LogP contribution >= 0.6 is 0 Å². The predicted octanol–water partition coefficient (Wildman–Crippen LogP) is 7.25. The number of fused-ring (bicyclic) bond motifs is 1. The topological polar surface area (TPSA) is 115 Å². The molecule has 9 heteroatoms. The van der Waals surface area contributed by atoms with E-state index in [1.54, 1.807) is 12.2 Å². The largest absolute Gasteiger partial charge is 0.494 e. The number of carbonyl (C=O) groups excluding carboxylic acids is 1. The van der Waals surface area contributed by atoms with Crippen LogP contribution in [0.3, 0.4) is 0 Å². The molecule has 2 N–H and O–H groups in total. The van der Waals surface area contributed by atoms with Crippen LogP contribution in [-0.4, -0.2) is 45.7 Å². The Morgan fingerprint density at radius 3 is 2.14 bits per heavy atom. The van der Waals surface area contributed by atoms with Crippen molar-refractivity contribution < 1.29 is 38.5 Å². The zero-order chi connectivity index (χ0) is 31.8. The van der Waals surface area contributed by atoms with Crippen molar-refractivity contribution in [1.82, 2.24) is 4.57 Å². The average molecular weight is 602 g/mol. The Balaban J connectivity index is 1.39. The minimum absolute atomic E-state index is 0.0880. The molecule has 0 atom stereocenters. The smallest absolute Gasteiger partial charge is 0.323 e. The molecule has 0 unspecified atom stereocenters. The Morgan fingerprint density at radius 1 is 0.841 bits per heavy atom. The summed E-state index contributed by atoms with van der Waals surface area (Å²) in [7, 11) is 0. The van der Waals surface area contributed by atoms with Crippen LogP contribution in [0, 0.1) is 26.6 Å². The Labute approximate surface area is 255 Å². The molecule has 0 saturated carbocycles. The monoisotopic (exact) mass is 601 g/mol. The number of carbonyl (C=O) groups is 3. The molecule has 0 aliphatic carbocycles. The first-order valence-electron chi connectivity index (χ1n) is 14.4. The van der Waals surface area contributed by atoms with Crippen LogP contribution in [0.25, 0.3) is 23.1 Å².